The van der Waals surface area contributed by atoms with E-state index < -0.39 is 12.0 Å². The van der Waals surface area contributed by atoms with Crippen LogP contribution in [0, 0.1) is 5.41 Å². The van der Waals surface area contributed by atoms with Crippen molar-refractivity contribution in [2.24, 2.45) is 5.41 Å². The second-order valence-corrected chi connectivity index (χ2v) is 7.11. The number of piperidine rings is 1. The molecule has 1 spiro atoms. The molecule has 130 valence electrons. The van der Waals surface area contributed by atoms with Gasteiger partial charge in [-0.25, -0.2) is 0 Å². The van der Waals surface area contributed by atoms with Gasteiger partial charge in [0, 0.05) is 51.4 Å². The topological polar surface area (TPSA) is 73.7 Å². The highest BCUT2D eigenvalue weighted by Gasteiger charge is 2.48. The minimum Gasteiger partial charge on any atom is -0.480 e. The van der Waals surface area contributed by atoms with Gasteiger partial charge in [0.15, 0.2) is 0 Å². The Kier molecular flexibility index (Phi) is 4.85. The van der Waals surface area contributed by atoms with Crippen LogP contribution in [-0.2, 0) is 16.0 Å². The predicted molar refractivity (Wildman–Crippen MR) is 89.5 cm³/mol. The van der Waals surface area contributed by atoms with Crippen molar-refractivity contribution in [1.82, 2.24) is 14.8 Å². The molecule has 2 aliphatic heterocycles. The largest absolute Gasteiger partial charge is 0.480 e. The van der Waals surface area contributed by atoms with Crippen LogP contribution in [0.3, 0.4) is 0 Å². The highest BCUT2D eigenvalue weighted by molar-refractivity contribution is 5.74. The summed E-state index contributed by atoms with van der Waals surface area (Å²) in [5.41, 5.74) is 1.04. The van der Waals surface area contributed by atoms with Gasteiger partial charge in [-0.05, 0) is 36.8 Å². The predicted octanol–water partition coefficient (Wildman–Crippen LogP) is 1.41. The Hall–Kier alpha value is -1.95. The van der Waals surface area contributed by atoms with E-state index in [4.69, 9.17) is 0 Å². The lowest BCUT2D eigenvalue weighted by Gasteiger charge is -2.39. The molecule has 2 saturated heterocycles. The van der Waals surface area contributed by atoms with Crippen LogP contribution in [-0.4, -0.2) is 64.0 Å². The van der Waals surface area contributed by atoms with Gasteiger partial charge in [-0.1, -0.05) is 6.07 Å². The van der Waals surface area contributed by atoms with Crippen molar-refractivity contribution >= 4 is 11.9 Å². The molecule has 2 fully saturated rings. The van der Waals surface area contributed by atoms with Crippen molar-refractivity contribution in [3.8, 4) is 0 Å². The third-order valence-corrected chi connectivity index (χ3v) is 5.54. The van der Waals surface area contributed by atoms with Crippen molar-refractivity contribution in [3.63, 3.8) is 0 Å². The lowest BCUT2D eigenvalue weighted by molar-refractivity contribution is -0.142. The van der Waals surface area contributed by atoms with Crippen LogP contribution in [0.15, 0.2) is 24.4 Å². The summed E-state index contributed by atoms with van der Waals surface area (Å²) >= 11 is 0. The highest BCUT2D eigenvalue weighted by Crippen LogP contribution is 2.43. The van der Waals surface area contributed by atoms with E-state index in [2.05, 4.69) is 9.88 Å². The molecular formula is C18H25N3O3. The van der Waals surface area contributed by atoms with Gasteiger partial charge in [-0.2, -0.15) is 0 Å². The summed E-state index contributed by atoms with van der Waals surface area (Å²) in [6.45, 7) is 4.62. The molecule has 0 unspecified atom stereocenters. The Balaban J connectivity index is 1.64. The zero-order valence-electron chi connectivity index (χ0n) is 14.1. The van der Waals surface area contributed by atoms with Gasteiger partial charge in [-0.3, -0.25) is 19.5 Å². The maximum atomic E-state index is 11.7. The molecule has 24 heavy (non-hydrogen) atoms. The number of amides is 1. The van der Waals surface area contributed by atoms with Crippen molar-refractivity contribution in [2.45, 2.75) is 38.6 Å². The number of nitrogens with zero attached hydrogens (tertiary/aromatic N) is 3. The van der Waals surface area contributed by atoms with Gasteiger partial charge < -0.3 is 10.0 Å². The first-order chi connectivity index (χ1) is 11.5. The molecule has 6 nitrogen and oxygen atoms in total. The summed E-state index contributed by atoms with van der Waals surface area (Å²) in [6, 6.07) is 5.40. The van der Waals surface area contributed by atoms with E-state index in [-0.39, 0.29) is 11.3 Å². The van der Waals surface area contributed by atoms with E-state index in [0.29, 0.717) is 13.0 Å². The Morgan fingerprint density at radius 2 is 2.08 bits per heavy atom. The molecule has 0 aromatic carbocycles. The summed E-state index contributed by atoms with van der Waals surface area (Å²) in [5.74, 6) is -0.619. The van der Waals surface area contributed by atoms with Crippen LogP contribution in [0.25, 0.3) is 0 Å². The summed E-state index contributed by atoms with van der Waals surface area (Å²) in [7, 11) is 0. The number of carbonyl (C=O) groups excluding carboxylic acids is 1. The van der Waals surface area contributed by atoms with Crippen LogP contribution in [0.1, 0.15) is 31.9 Å². The summed E-state index contributed by atoms with van der Waals surface area (Å²) < 4.78 is 0. The fraction of sp³-hybridized carbons (Fsp3) is 0.611. The average Bonchev–Trinajstić information content (AvgIpc) is 2.93. The van der Waals surface area contributed by atoms with Crippen molar-refractivity contribution in [1.29, 1.82) is 0 Å². The van der Waals surface area contributed by atoms with Crippen LogP contribution >= 0.6 is 0 Å². The lowest BCUT2D eigenvalue weighted by atomic mass is 9.76. The van der Waals surface area contributed by atoms with Gasteiger partial charge in [0.1, 0.15) is 6.04 Å². The number of carboxylic acid groups (broad SMARTS) is 1. The molecule has 0 radical (unpaired) electrons. The number of rotatable bonds is 4. The second-order valence-electron chi connectivity index (χ2n) is 7.11. The molecule has 0 bridgehead atoms. The Labute approximate surface area is 142 Å². The maximum Gasteiger partial charge on any atom is 0.320 e. The SMILES string of the molecule is CC(=O)N1CCC2(CC1)C[C@H](C(=O)O)N(CCc1ccccn1)C2. The van der Waals surface area contributed by atoms with E-state index in [1.54, 1.807) is 13.1 Å². The van der Waals surface area contributed by atoms with Crippen LogP contribution in [0.4, 0.5) is 0 Å². The van der Waals surface area contributed by atoms with Crippen LogP contribution in [0.2, 0.25) is 0 Å². The monoisotopic (exact) mass is 331 g/mol. The first-order valence-electron chi connectivity index (χ1n) is 8.61. The van der Waals surface area contributed by atoms with E-state index in [0.717, 1.165) is 44.6 Å². The first-order valence-corrected chi connectivity index (χ1v) is 8.61. The second kappa shape index (κ2) is 6.89. The lowest BCUT2D eigenvalue weighted by Crippen LogP contribution is -2.43. The molecule has 0 aliphatic carbocycles. The Morgan fingerprint density at radius 3 is 2.67 bits per heavy atom. The highest BCUT2D eigenvalue weighted by atomic mass is 16.4. The minimum absolute atomic E-state index is 0.0408. The minimum atomic E-state index is -0.734. The average molecular weight is 331 g/mol. The Morgan fingerprint density at radius 1 is 1.33 bits per heavy atom. The zero-order chi connectivity index (χ0) is 17.2. The van der Waals surface area contributed by atoms with Gasteiger partial charge in [0.2, 0.25) is 5.91 Å². The summed E-state index contributed by atoms with van der Waals surface area (Å²) in [5, 5.41) is 9.61. The van der Waals surface area contributed by atoms with Gasteiger partial charge in [-0.15, -0.1) is 0 Å². The molecule has 1 aromatic heterocycles. The molecule has 1 atom stereocenters. The van der Waals surface area contributed by atoms with E-state index >= 15 is 0 Å². The number of likely N-dealkylation sites (tertiary alicyclic amines) is 2. The number of aliphatic carboxylic acids is 1. The molecule has 3 rings (SSSR count). The number of hydrogen-bond acceptors (Lipinski definition) is 4. The first kappa shape index (κ1) is 16.9. The molecule has 1 aromatic rings. The molecule has 6 heteroatoms. The molecule has 0 saturated carbocycles. The Bertz CT molecular complexity index is 597. The summed E-state index contributed by atoms with van der Waals surface area (Å²) in [6.07, 6.45) is 5.02. The van der Waals surface area contributed by atoms with Crippen molar-refractivity contribution < 1.29 is 14.7 Å². The van der Waals surface area contributed by atoms with Crippen LogP contribution in [0.5, 0.6) is 0 Å². The third kappa shape index (κ3) is 3.59. The van der Waals surface area contributed by atoms with Crippen LogP contribution < -0.4 is 0 Å². The van der Waals surface area contributed by atoms with Crippen molar-refractivity contribution in [3.05, 3.63) is 30.1 Å². The number of carboxylic acids is 1. The number of aromatic nitrogens is 1. The van der Waals surface area contributed by atoms with E-state index in [9.17, 15) is 14.7 Å². The molecule has 1 amide bonds. The zero-order valence-corrected chi connectivity index (χ0v) is 14.1. The molecule has 1 N–H and O–H groups in total. The molecule has 3 heterocycles. The fourth-order valence-corrected chi connectivity index (χ4v) is 4.09. The normalized spacial score (nSPS) is 23.5. The maximum absolute atomic E-state index is 11.7. The smallest absolute Gasteiger partial charge is 0.320 e. The fourth-order valence-electron chi connectivity index (χ4n) is 4.09. The third-order valence-electron chi connectivity index (χ3n) is 5.54. The summed E-state index contributed by atoms with van der Waals surface area (Å²) in [4.78, 5) is 31.5. The molecular weight excluding hydrogens is 306 g/mol. The number of hydrogen-bond donors (Lipinski definition) is 1. The molecule has 2 aliphatic rings. The standard InChI is InChI=1S/C18H25N3O3/c1-14(22)20-10-6-18(7-11-20)12-16(17(23)24)21(13-18)9-5-15-4-2-3-8-19-15/h2-4,8,16H,5-7,9-13H2,1H3,(H,23,24)/t16-/m1/s1. The quantitative estimate of drug-likeness (QED) is 0.903. The van der Waals surface area contributed by atoms with E-state index in [1.165, 1.54) is 0 Å². The van der Waals surface area contributed by atoms with Gasteiger partial charge in [0.05, 0.1) is 0 Å². The van der Waals surface area contributed by atoms with E-state index in [1.807, 2.05) is 23.1 Å². The number of pyridine rings is 1. The van der Waals surface area contributed by atoms with Gasteiger partial charge >= 0.3 is 5.97 Å². The van der Waals surface area contributed by atoms with Crippen molar-refractivity contribution in [2.75, 3.05) is 26.2 Å². The van der Waals surface area contributed by atoms with Gasteiger partial charge in [0.25, 0.3) is 0 Å². The number of carbonyl (C=O) groups is 2.